The van der Waals surface area contributed by atoms with Crippen molar-refractivity contribution in [3.05, 3.63) is 78.5 Å². The fraction of sp³-hybridized carbons (Fsp3) is 0.200. The molecular weight excluding hydrogens is 374 g/mol. The van der Waals surface area contributed by atoms with Gasteiger partial charge in [0.15, 0.2) is 0 Å². The second kappa shape index (κ2) is 8.13. The van der Waals surface area contributed by atoms with E-state index >= 15 is 0 Å². The Morgan fingerprint density at radius 2 is 1.67 bits per heavy atom. The fourth-order valence-corrected chi connectivity index (χ4v) is 4.03. The number of carbonyl (C=O) groups is 1. The van der Waals surface area contributed by atoms with Gasteiger partial charge in [-0.3, -0.25) is 9.79 Å². The Bertz CT molecular complexity index is 1230. The van der Waals surface area contributed by atoms with Gasteiger partial charge < -0.3 is 14.2 Å². The minimum absolute atomic E-state index is 0.122. The maximum absolute atomic E-state index is 12.8. The molecule has 0 saturated carbocycles. The van der Waals surface area contributed by atoms with Gasteiger partial charge in [-0.25, -0.2) is 0 Å². The Kier molecular flexibility index (Phi) is 5.03. The molecule has 0 N–H and O–H groups in total. The van der Waals surface area contributed by atoms with Gasteiger partial charge >= 0.3 is 0 Å². The summed E-state index contributed by atoms with van der Waals surface area (Å²) in [4.78, 5) is 19.4. The van der Waals surface area contributed by atoms with E-state index in [1.54, 1.807) is 0 Å². The molecule has 0 atom stereocenters. The van der Waals surface area contributed by atoms with Crippen molar-refractivity contribution in [3.63, 3.8) is 0 Å². The van der Waals surface area contributed by atoms with Crippen LogP contribution in [0.5, 0.6) is 0 Å². The number of morpholine rings is 1. The number of hydrogen-bond donors (Lipinski definition) is 0. The molecule has 1 amide bonds. The number of benzene rings is 3. The van der Waals surface area contributed by atoms with Crippen molar-refractivity contribution in [2.45, 2.75) is 6.54 Å². The van der Waals surface area contributed by atoms with Crippen LogP contribution in [0.2, 0.25) is 0 Å². The molecule has 30 heavy (non-hydrogen) atoms. The number of nitrogens with zero attached hydrogens (tertiary/aromatic N) is 3. The molecule has 3 aromatic carbocycles. The third-order valence-corrected chi connectivity index (χ3v) is 5.60. The van der Waals surface area contributed by atoms with E-state index in [1.165, 1.54) is 5.39 Å². The molecule has 4 aromatic rings. The zero-order valence-corrected chi connectivity index (χ0v) is 16.7. The number of aliphatic imine (C=N–C) groups is 1. The van der Waals surface area contributed by atoms with Gasteiger partial charge in [0.25, 0.3) is 0 Å². The number of carbonyl (C=O) groups excluding carboxylic acids is 1. The van der Waals surface area contributed by atoms with E-state index in [0.717, 1.165) is 27.5 Å². The lowest BCUT2D eigenvalue weighted by Gasteiger charge is -2.27. The summed E-state index contributed by atoms with van der Waals surface area (Å²) in [5.74, 6) is 0.122. The fourth-order valence-electron chi connectivity index (χ4n) is 4.03. The van der Waals surface area contributed by atoms with Crippen LogP contribution in [0.1, 0.15) is 5.56 Å². The first kappa shape index (κ1) is 18.6. The van der Waals surface area contributed by atoms with Crippen LogP contribution < -0.4 is 0 Å². The molecule has 0 radical (unpaired) electrons. The first-order valence-electron chi connectivity index (χ1n) is 10.2. The zero-order chi connectivity index (χ0) is 20.3. The van der Waals surface area contributed by atoms with Crippen LogP contribution in [0.4, 0.5) is 5.69 Å². The van der Waals surface area contributed by atoms with Gasteiger partial charge in [-0.15, -0.1) is 0 Å². The number of para-hydroxylation sites is 1. The Morgan fingerprint density at radius 1 is 0.933 bits per heavy atom. The molecule has 2 heterocycles. The lowest BCUT2D eigenvalue weighted by molar-refractivity contribution is -0.135. The quantitative estimate of drug-likeness (QED) is 0.479. The molecule has 1 saturated heterocycles. The maximum Gasteiger partial charge on any atom is 0.242 e. The predicted octanol–water partition coefficient (Wildman–Crippen LogP) is 4.40. The summed E-state index contributed by atoms with van der Waals surface area (Å²) in [7, 11) is 0. The van der Waals surface area contributed by atoms with Crippen LogP contribution in [0.25, 0.3) is 21.7 Å². The highest BCUT2D eigenvalue weighted by atomic mass is 16.5. The molecule has 1 aromatic heterocycles. The van der Waals surface area contributed by atoms with Crippen LogP contribution in [0.15, 0.2) is 77.9 Å². The van der Waals surface area contributed by atoms with Crippen molar-refractivity contribution >= 4 is 39.5 Å². The van der Waals surface area contributed by atoms with Crippen molar-refractivity contribution in [2.24, 2.45) is 4.99 Å². The summed E-state index contributed by atoms with van der Waals surface area (Å²) in [5, 5.41) is 3.39. The van der Waals surface area contributed by atoms with Crippen LogP contribution in [-0.4, -0.2) is 47.9 Å². The molecule has 5 heteroatoms. The van der Waals surface area contributed by atoms with Gasteiger partial charge in [-0.1, -0.05) is 54.6 Å². The molecular formula is C25H23N3O2. The van der Waals surface area contributed by atoms with Gasteiger partial charge in [0.1, 0.15) is 6.54 Å². The highest BCUT2D eigenvalue weighted by molar-refractivity contribution is 6.02. The number of amides is 1. The van der Waals surface area contributed by atoms with E-state index in [4.69, 9.17) is 9.73 Å². The predicted molar refractivity (Wildman–Crippen MR) is 121 cm³/mol. The van der Waals surface area contributed by atoms with Gasteiger partial charge in [0.05, 0.1) is 18.9 Å². The largest absolute Gasteiger partial charge is 0.378 e. The van der Waals surface area contributed by atoms with Crippen molar-refractivity contribution in [1.29, 1.82) is 0 Å². The molecule has 5 rings (SSSR count). The normalized spacial score (nSPS) is 14.7. The summed E-state index contributed by atoms with van der Waals surface area (Å²) in [6.45, 7) is 2.87. The van der Waals surface area contributed by atoms with E-state index in [9.17, 15) is 4.79 Å². The highest BCUT2D eigenvalue weighted by Crippen LogP contribution is 2.26. The number of hydrogen-bond acceptors (Lipinski definition) is 3. The molecule has 0 unspecified atom stereocenters. The lowest BCUT2D eigenvalue weighted by atomic mass is 10.1. The van der Waals surface area contributed by atoms with Crippen molar-refractivity contribution in [3.8, 4) is 0 Å². The highest BCUT2D eigenvalue weighted by Gasteiger charge is 2.18. The second-order valence-corrected chi connectivity index (χ2v) is 7.48. The first-order chi connectivity index (χ1) is 14.8. The minimum Gasteiger partial charge on any atom is -0.378 e. The Hall–Kier alpha value is -3.44. The molecule has 0 bridgehead atoms. The SMILES string of the molecule is O=C(Cn1cc(C=Nc2cccc3ccccc23)c2ccccc21)N1CCOCC1. The Morgan fingerprint density at radius 3 is 2.53 bits per heavy atom. The molecule has 1 aliphatic heterocycles. The number of aromatic nitrogens is 1. The maximum atomic E-state index is 12.8. The van der Waals surface area contributed by atoms with E-state index < -0.39 is 0 Å². The minimum atomic E-state index is 0.122. The third kappa shape index (κ3) is 3.60. The number of rotatable bonds is 4. The van der Waals surface area contributed by atoms with E-state index in [1.807, 2.05) is 58.3 Å². The number of fused-ring (bicyclic) bond motifs is 2. The van der Waals surface area contributed by atoms with Crippen molar-refractivity contribution in [2.75, 3.05) is 26.3 Å². The number of ether oxygens (including phenoxy) is 1. The summed E-state index contributed by atoms with van der Waals surface area (Å²) in [6.07, 6.45) is 3.93. The summed E-state index contributed by atoms with van der Waals surface area (Å²) in [6, 6.07) is 22.6. The van der Waals surface area contributed by atoms with Gasteiger partial charge in [0.2, 0.25) is 5.91 Å². The van der Waals surface area contributed by atoms with Crippen LogP contribution in [0.3, 0.4) is 0 Å². The topological polar surface area (TPSA) is 46.8 Å². The van der Waals surface area contributed by atoms with E-state index in [-0.39, 0.29) is 5.91 Å². The van der Waals surface area contributed by atoms with Gasteiger partial charge in [-0.2, -0.15) is 0 Å². The monoisotopic (exact) mass is 397 g/mol. The first-order valence-corrected chi connectivity index (χ1v) is 10.2. The standard InChI is InChI=1S/C25H23N3O2/c29-25(27-12-14-30-15-13-27)18-28-17-20(22-9-3-4-11-24(22)28)16-26-23-10-5-7-19-6-1-2-8-21(19)23/h1-11,16-17H,12-15,18H2. The average Bonchev–Trinajstić information content (AvgIpc) is 3.15. The van der Waals surface area contributed by atoms with Crippen LogP contribution in [-0.2, 0) is 16.1 Å². The van der Waals surface area contributed by atoms with Gasteiger partial charge in [-0.05, 0) is 17.5 Å². The molecule has 5 nitrogen and oxygen atoms in total. The van der Waals surface area contributed by atoms with E-state index in [0.29, 0.717) is 32.8 Å². The molecule has 1 aliphatic rings. The van der Waals surface area contributed by atoms with Crippen molar-refractivity contribution < 1.29 is 9.53 Å². The molecule has 0 spiro atoms. The summed E-state index contributed by atoms with van der Waals surface area (Å²) >= 11 is 0. The molecule has 1 fully saturated rings. The van der Waals surface area contributed by atoms with Gasteiger partial charge in [0, 0.05) is 47.4 Å². The summed E-state index contributed by atoms with van der Waals surface area (Å²) < 4.78 is 7.39. The third-order valence-electron chi connectivity index (χ3n) is 5.60. The zero-order valence-electron chi connectivity index (χ0n) is 16.7. The molecule has 0 aliphatic carbocycles. The Labute approximate surface area is 175 Å². The van der Waals surface area contributed by atoms with E-state index in [2.05, 4.69) is 30.3 Å². The smallest absolute Gasteiger partial charge is 0.242 e. The summed E-state index contributed by atoms with van der Waals surface area (Å²) in [5.41, 5.74) is 2.99. The van der Waals surface area contributed by atoms with Crippen LogP contribution >= 0.6 is 0 Å². The second-order valence-electron chi connectivity index (χ2n) is 7.48. The Balaban J connectivity index is 1.47. The van der Waals surface area contributed by atoms with Crippen molar-refractivity contribution in [1.82, 2.24) is 9.47 Å². The van der Waals surface area contributed by atoms with Crippen LogP contribution in [0, 0.1) is 0 Å². The average molecular weight is 397 g/mol. The molecule has 150 valence electrons. The lowest BCUT2D eigenvalue weighted by Crippen LogP contribution is -2.42.